The van der Waals surface area contributed by atoms with Crippen molar-refractivity contribution in [3.05, 3.63) is 34.9 Å². The van der Waals surface area contributed by atoms with Crippen LogP contribution in [0, 0.1) is 24.2 Å². The molecule has 1 fully saturated rings. The van der Waals surface area contributed by atoms with Gasteiger partial charge in [0, 0.05) is 6.61 Å². The summed E-state index contributed by atoms with van der Waals surface area (Å²) in [7, 11) is 0. The second kappa shape index (κ2) is 6.53. The largest absolute Gasteiger partial charge is 0.377 e. The molecule has 1 unspecified atom stereocenters. The quantitative estimate of drug-likeness (QED) is 0.809. The van der Waals surface area contributed by atoms with Gasteiger partial charge in [-0.3, -0.25) is 0 Å². The van der Waals surface area contributed by atoms with E-state index in [1.54, 1.807) is 0 Å². The molecule has 1 atom stereocenters. The Hall–Kier alpha value is -1.37. The lowest BCUT2D eigenvalue weighted by Crippen LogP contribution is -2.10. The van der Waals surface area contributed by atoms with Crippen LogP contribution in [0.25, 0.3) is 0 Å². The molecule has 0 spiro atoms. The van der Waals surface area contributed by atoms with Crippen LogP contribution >= 0.6 is 0 Å². The summed E-state index contributed by atoms with van der Waals surface area (Å²) in [5, 5.41) is 12.2. The van der Waals surface area contributed by atoms with Crippen LogP contribution < -0.4 is 5.32 Å². The Morgan fingerprint density at radius 2 is 2.39 bits per heavy atom. The van der Waals surface area contributed by atoms with E-state index in [1.807, 2.05) is 25.1 Å². The van der Waals surface area contributed by atoms with Crippen molar-refractivity contribution in [3.8, 4) is 6.07 Å². The molecular weight excluding hydrogens is 224 g/mol. The van der Waals surface area contributed by atoms with Gasteiger partial charge in [-0.25, -0.2) is 0 Å². The van der Waals surface area contributed by atoms with Gasteiger partial charge in [0.15, 0.2) is 0 Å². The first kappa shape index (κ1) is 13.1. The molecule has 1 N–H and O–H groups in total. The van der Waals surface area contributed by atoms with Gasteiger partial charge in [0.25, 0.3) is 0 Å². The summed E-state index contributed by atoms with van der Waals surface area (Å²) < 4.78 is 5.73. The zero-order valence-corrected chi connectivity index (χ0v) is 10.9. The number of nitrogens with one attached hydrogen (secondary N) is 1. The minimum atomic E-state index is 0.650. The number of benzene rings is 1. The van der Waals surface area contributed by atoms with E-state index >= 15 is 0 Å². The third kappa shape index (κ3) is 3.56. The number of aryl methyl sites for hydroxylation is 1. The molecule has 1 aliphatic rings. The summed E-state index contributed by atoms with van der Waals surface area (Å²) in [5.41, 5.74) is 3.03. The molecule has 0 saturated carbocycles. The van der Waals surface area contributed by atoms with Gasteiger partial charge in [0.2, 0.25) is 0 Å². The van der Waals surface area contributed by atoms with Crippen LogP contribution in [-0.2, 0) is 11.3 Å². The summed E-state index contributed by atoms with van der Waals surface area (Å²) in [6.45, 7) is 5.79. The van der Waals surface area contributed by atoms with Gasteiger partial charge < -0.3 is 10.1 Å². The normalized spacial score (nSPS) is 18.8. The molecule has 0 bridgehead atoms. The van der Waals surface area contributed by atoms with Crippen LogP contribution in [0.3, 0.4) is 0 Å². The average molecular weight is 244 g/mol. The van der Waals surface area contributed by atoms with Crippen molar-refractivity contribution in [3.63, 3.8) is 0 Å². The number of rotatable bonds is 5. The van der Waals surface area contributed by atoms with E-state index in [-0.39, 0.29) is 0 Å². The van der Waals surface area contributed by atoms with Gasteiger partial charge in [-0.2, -0.15) is 5.26 Å². The molecule has 0 aromatic heterocycles. The SMILES string of the molecule is Cc1cc(C#N)ccc1COCCC1CCNC1. The maximum Gasteiger partial charge on any atom is 0.0991 e. The van der Waals surface area contributed by atoms with Crippen LogP contribution in [0.1, 0.15) is 29.5 Å². The van der Waals surface area contributed by atoms with Crippen molar-refractivity contribution >= 4 is 0 Å². The van der Waals surface area contributed by atoms with Gasteiger partial charge >= 0.3 is 0 Å². The Bertz CT molecular complexity index is 431. The van der Waals surface area contributed by atoms with E-state index in [4.69, 9.17) is 10.00 Å². The Morgan fingerprint density at radius 3 is 3.06 bits per heavy atom. The Kier molecular flexibility index (Phi) is 4.74. The van der Waals surface area contributed by atoms with E-state index in [9.17, 15) is 0 Å². The molecule has 1 aromatic rings. The van der Waals surface area contributed by atoms with Crippen molar-refractivity contribution in [1.82, 2.24) is 5.32 Å². The number of nitrogens with zero attached hydrogens (tertiary/aromatic N) is 1. The maximum absolute atomic E-state index is 8.80. The summed E-state index contributed by atoms with van der Waals surface area (Å²) in [6.07, 6.45) is 2.42. The Labute approximate surface area is 109 Å². The van der Waals surface area contributed by atoms with E-state index < -0.39 is 0 Å². The highest BCUT2D eigenvalue weighted by molar-refractivity contribution is 5.37. The highest BCUT2D eigenvalue weighted by Crippen LogP contribution is 2.14. The zero-order valence-electron chi connectivity index (χ0n) is 10.9. The van der Waals surface area contributed by atoms with Crippen molar-refractivity contribution in [2.45, 2.75) is 26.4 Å². The molecule has 2 rings (SSSR count). The van der Waals surface area contributed by atoms with Gasteiger partial charge in [-0.15, -0.1) is 0 Å². The van der Waals surface area contributed by atoms with Crippen molar-refractivity contribution in [2.24, 2.45) is 5.92 Å². The maximum atomic E-state index is 8.80. The fraction of sp³-hybridized carbons (Fsp3) is 0.533. The third-order valence-corrected chi connectivity index (χ3v) is 3.56. The number of ether oxygens (including phenoxy) is 1. The molecule has 0 radical (unpaired) electrons. The predicted molar refractivity (Wildman–Crippen MR) is 71.1 cm³/mol. The van der Waals surface area contributed by atoms with Gasteiger partial charge in [0.05, 0.1) is 18.2 Å². The van der Waals surface area contributed by atoms with E-state index in [1.165, 1.54) is 12.0 Å². The Morgan fingerprint density at radius 1 is 1.50 bits per heavy atom. The summed E-state index contributed by atoms with van der Waals surface area (Å²) >= 11 is 0. The fourth-order valence-corrected chi connectivity index (χ4v) is 2.32. The zero-order chi connectivity index (χ0) is 12.8. The van der Waals surface area contributed by atoms with Gasteiger partial charge in [-0.1, -0.05) is 6.07 Å². The van der Waals surface area contributed by atoms with Crippen LogP contribution in [0.5, 0.6) is 0 Å². The molecule has 0 amide bonds. The topological polar surface area (TPSA) is 45.0 Å². The first-order chi connectivity index (χ1) is 8.79. The molecule has 1 saturated heterocycles. The monoisotopic (exact) mass is 244 g/mol. The number of hydrogen-bond donors (Lipinski definition) is 1. The number of hydrogen-bond acceptors (Lipinski definition) is 3. The van der Waals surface area contributed by atoms with Crippen LogP contribution in [-0.4, -0.2) is 19.7 Å². The van der Waals surface area contributed by atoms with Crippen molar-refractivity contribution in [2.75, 3.05) is 19.7 Å². The second-order valence-electron chi connectivity index (χ2n) is 4.95. The highest BCUT2D eigenvalue weighted by Gasteiger charge is 2.13. The minimum absolute atomic E-state index is 0.650. The molecule has 0 aliphatic carbocycles. The summed E-state index contributed by atoms with van der Waals surface area (Å²) in [6, 6.07) is 7.91. The molecule has 1 heterocycles. The molecular formula is C15H20N2O. The van der Waals surface area contributed by atoms with Crippen molar-refractivity contribution < 1.29 is 4.74 Å². The van der Waals surface area contributed by atoms with Crippen LogP contribution in [0.15, 0.2) is 18.2 Å². The molecule has 1 aliphatic heterocycles. The standard InChI is InChI=1S/C15H20N2O/c1-12-8-14(9-16)2-3-15(12)11-18-7-5-13-4-6-17-10-13/h2-3,8,13,17H,4-7,10-11H2,1H3. The smallest absolute Gasteiger partial charge is 0.0991 e. The first-order valence-corrected chi connectivity index (χ1v) is 6.57. The molecule has 96 valence electrons. The summed E-state index contributed by atoms with van der Waals surface area (Å²) in [5.74, 6) is 0.784. The average Bonchev–Trinajstić information content (AvgIpc) is 2.89. The van der Waals surface area contributed by atoms with Crippen LogP contribution in [0.2, 0.25) is 0 Å². The van der Waals surface area contributed by atoms with Gasteiger partial charge in [-0.05, 0) is 62.0 Å². The first-order valence-electron chi connectivity index (χ1n) is 6.57. The lowest BCUT2D eigenvalue weighted by Gasteiger charge is -2.10. The van der Waals surface area contributed by atoms with E-state index in [2.05, 4.69) is 11.4 Å². The lowest BCUT2D eigenvalue weighted by atomic mass is 10.1. The van der Waals surface area contributed by atoms with Crippen LogP contribution in [0.4, 0.5) is 0 Å². The summed E-state index contributed by atoms with van der Waals surface area (Å²) in [4.78, 5) is 0. The molecule has 3 heteroatoms. The third-order valence-electron chi connectivity index (χ3n) is 3.56. The lowest BCUT2D eigenvalue weighted by molar-refractivity contribution is 0.109. The molecule has 1 aromatic carbocycles. The predicted octanol–water partition coefficient (Wildman–Crippen LogP) is 2.38. The molecule has 18 heavy (non-hydrogen) atoms. The molecule has 3 nitrogen and oxygen atoms in total. The number of nitriles is 1. The van der Waals surface area contributed by atoms with Crippen molar-refractivity contribution in [1.29, 1.82) is 5.26 Å². The fourth-order valence-electron chi connectivity index (χ4n) is 2.32. The highest BCUT2D eigenvalue weighted by atomic mass is 16.5. The van der Waals surface area contributed by atoms with E-state index in [0.717, 1.165) is 37.6 Å². The van der Waals surface area contributed by atoms with Gasteiger partial charge in [0.1, 0.15) is 0 Å². The minimum Gasteiger partial charge on any atom is -0.377 e. The second-order valence-corrected chi connectivity index (χ2v) is 4.95. The Balaban J connectivity index is 1.74. The van der Waals surface area contributed by atoms with E-state index in [0.29, 0.717) is 12.2 Å².